The highest BCUT2D eigenvalue weighted by Gasteiger charge is 2.76. The van der Waals surface area contributed by atoms with Crippen molar-refractivity contribution in [2.75, 3.05) is 31.2 Å². The molecule has 1 unspecified atom stereocenters. The fraction of sp³-hybridized carbons (Fsp3) is 0.385. The van der Waals surface area contributed by atoms with Gasteiger partial charge in [-0.25, -0.2) is 0 Å². The topological polar surface area (TPSA) is 125 Å². The van der Waals surface area contributed by atoms with Gasteiger partial charge in [-0.15, -0.1) is 13.2 Å². The van der Waals surface area contributed by atoms with Crippen LogP contribution in [0.3, 0.4) is 0 Å². The van der Waals surface area contributed by atoms with Crippen molar-refractivity contribution in [2.24, 2.45) is 11.8 Å². The van der Waals surface area contributed by atoms with Crippen LogP contribution >= 0.6 is 15.9 Å². The van der Waals surface area contributed by atoms with Gasteiger partial charge in [0, 0.05) is 36.6 Å². The van der Waals surface area contributed by atoms with E-state index in [9.17, 15) is 24.3 Å². The number of carbonyl (C=O) groups is 4. The zero-order chi connectivity index (χ0) is 35.4. The maximum absolute atomic E-state index is 14.9. The number of esters is 1. The standard InChI is InChI=1S/C39H42BrN3O7/c1-3-5-16-31(45)49-24-30(26-13-7-6-8-14-26)41-36(46)32-33-37(47)43(20-11-21-44)35(39(33)23-29(40)34(32)50-39)38(48)42(19-4-2)28-18-17-25-12-9-10-15-27(25)22-28/h3-4,6-10,12-15,17-18,22,29-30,32-35,44H,1-2,5,11,16,19-21,23-24H2,(H,41,46)/t29?,30-,32-,33+,34-,35-,39+/m0/s1. The quantitative estimate of drug-likeness (QED) is 0.130. The van der Waals surface area contributed by atoms with Crippen molar-refractivity contribution in [1.29, 1.82) is 0 Å². The number of hydrogen-bond donors (Lipinski definition) is 2. The fourth-order valence-electron chi connectivity index (χ4n) is 7.78. The van der Waals surface area contributed by atoms with E-state index in [-0.39, 0.29) is 55.8 Å². The summed E-state index contributed by atoms with van der Waals surface area (Å²) in [4.78, 5) is 58.9. The first-order valence-corrected chi connectivity index (χ1v) is 17.9. The molecule has 0 radical (unpaired) electrons. The Morgan fingerprint density at radius 1 is 1.08 bits per heavy atom. The van der Waals surface area contributed by atoms with Gasteiger partial charge in [0.25, 0.3) is 5.91 Å². The number of rotatable bonds is 15. The molecule has 50 heavy (non-hydrogen) atoms. The predicted octanol–water partition coefficient (Wildman–Crippen LogP) is 4.86. The molecule has 3 amide bonds. The number of likely N-dealkylation sites (tertiary alicyclic amines) is 1. The Hall–Kier alpha value is -4.32. The first-order chi connectivity index (χ1) is 24.2. The average Bonchev–Trinajstić information content (AvgIpc) is 3.73. The van der Waals surface area contributed by atoms with Crippen molar-refractivity contribution >= 4 is 56.1 Å². The summed E-state index contributed by atoms with van der Waals surface area (Å²) in [5.41, 5.74) is 0.0890. The van der Waals surface area contributed by atoms with Crippen LogP contribution in [0.1, 0.15) is 37.3 Å². The van der Waals surface area contributed by atoms with Crippen LogP contribution in [0.4, 0.5) is 5.69 Å². The van der Waals surface area contributed by atoms with E-state index in [2.05, 4.69) is 34.4 Å². The van der Waals surface area contributed by atoms with E-state index < -0.39 is 47.5 Å². The second-order valence-electron chi connectivity index (χ2n) is 13.0. The lowest BCUT2D eigenvalue weighted by Crippen LogP contribution is -2.57. The Morgan fingerprint density at radius 2 is 1.82 bits per heavy atom. The Bertz CT molecular complexity index is 1770. The molecule has 0 aromatic heterocycles. The van der Waals surface area contributed by atoms with Crippen molar-refractivity contribution in [1.82, 2.24) is 10.2 Å². The summed E-state index contributed by atoms with van der Waals surface area (Å²) in [5, 5.41) is 14.8. The SMILES string of the molecule is C=CCCC(=O)OC[C@H](NC(=O)[C@@H]1[C@H]2O[C@@]3(CC2Br)[C@H](C(=O)N(CC=C)c2ccc4ccccc4c2)N(CCCO)C(=O)[C@@H]13)c1ccccc1. The molecular formula is C39H42BrN3O7. The van der Waals surface area contributed by atoms with E-state index >= 15 is 0 Å². The molecule has 11 heteroatoms. The van der Waals surface area contributed by atoms with Crippen LogP contribution < -0.4 is 10.2 Å². The van der Waals surface area contributed by atoms with E-state index in [0.29, 0.717) is 18.5 Å². The lowest BCUT2D eigenvalue weighted by molar-refractivity contribution is -0.145. The van der Waals surface area contributed by atoms with E-state index in [1.807, 2.05) is 72.8 Å². The average molecular weight is 745 g/mol. The van der Waals surface area contributed by atoms with Gasteiger partial charge >= 0.3 is 5.97 Å². The second-order valence-corrected chi connectivity index (χ2v) is 14.2. The Kier molecular flexibility index (Phi) is 10.9. The summed E-state index contributed by atoms with van der Waals surface area (Å²) in [6, 6.07) is 21.1. The Labute approximate surface area is 300 Å². The number of hydrogen-bond acceptors (Lipinski definition) is 7. The zero-order valence-corrected chi connectivity index (χ0v) is 29.4. The summed E-state index contributed by atoms with van der Waals surface area (Å²) in [6.07, 6.45) is 3.83. The first-order valence-electron chi connectivity index (χ1n) is 17.0. The number of ether oxygens (including phenoxy) is 2. The third-order valence-corrected chi connectivity index (χ3v) is 10.8. The van der Waals surface area contributed by atoms with Gasteiger partial charge < -0.3 is 29.7 Å². The predicted molar refractivity (Wildman–Crippen MR) is 193 cm³/mol. The largest absolute Gasteiger partial charge is 0.463 e. The van der Waals surface area contributed by atoms with Gasteiger partial charge in [-0.05, 0) is 47.7 Å². The van der Waals surface area contributed by atoms with Gasteiger partial charge in [0.1, 0.15) is 18.2 Å². The molecule has 10 nitrogen and oxygen atoms in total. The molecule has 0 aliphatic carbocycles. The Balaban J connectivity index is 1.33. The molecule has 3 heterocycles. The lowest BCUT2D eigenvalue weighted by Gasteiger charge is -2.37. The highest BCUT2D eigenvalue weighted by Crippen LogP contribution is 2.60. The molecule has 6 rings (SSSR count). The van der Waals surface area contributed by atoms with Gasteiger partial charge in [-0.2, -0.15) is 0 Å². The summed E-state index contributed by atoms with van der Waals surface area (Å²) in [5.74, 6) is -3.41. The van der Waals surface area contributed by atoms with Gasteiger partial charge in [-0.3, -0.25) is 19.2 Å². The summed E-state index contributed by atoms with van der Waals surface area (Å²) < 4.78 is 12.3. The van der Waals surface area contributed by atoms with Gasteiger partial charge in [0.15, 0.2) is 0 Å². The molecule has 0 saturated carbocycles. The molecule has 2 bridgehead atoms. The third-order valence-electron chi connectivity index (χ3n) is 9.99. The van der Waals surface area contributed by atoms with Crippen LogP contribution in [-0.2, 0) is 28.7 Å². The van der Waals surface area contributed by atoms with Gasteiger partial charge in [-0.1, -0.05) is 88.7 Å². The molecule has 2 N–H and O–H groups in total. The minimum atomic E-state index is -1.29. The maximum Gasteiger partial charge on any atom is 0.306 e. The number of nitrogens with zero attached hydrogens (tertiary/aromatic N) is 2. The number of nitrogens with one attached hydrogen (secondary N) is 1. The van der Waals surface area contributed by atoms with Crippen LogP contribution in [0.25, 0.3) is 10.8 Å². The third kappa shape index (κ3) is 6.61. The molecule has 3 aliphatic rings. The normalized spacial score (nSPS) is 25.6. The zero-order valence-electron chi connectivity index (χ0n) is 27.8. The number of benzene rings is 3. The summed E-state index contributed by atoms with van der Waals surface area (Å²) in [6.45, 7) is 7.57. The molecule has 3 aromatic rings. The number of carbonyl (C=O) groups excluding carboxylic acids is 4. The van der Waals surface area contributed by atoms with E-state index in [4.69, 9.17) is 9.47 Å². The maximum atomic E-state index is 14.9. The van der Waals surface area contributed by atoms with Gasteiger partial charge in [0.2, 0.25) is 11.8 Å². The van der Waals surface area contributed by atoms with E-state index in [1.165, 1.54) is 4.90 Å². The highest BCUT2D eigenvalue weighted by atomic mass is 79.9. The second kappa shape index (κ2) is 15.3. The number of aliphatic hydroxyl groups is 1. The van der Waals surface area contributed by atoms with Crippen LogP contribution in [0.5, 0.6) is 0 Å². The van der Waals surface area contributed by atoms with Crippen molar-refractivity contribution in [3.63, 3.8) is 0 Å². The fourth-order valence-corrected chi connectivity index (χ4v) is 8.72. The van der Waals surface area contributed by atoms with Crippen molar-refractivity contribution in [3.05, 3.63) is 104 Å². The van der Waals surface area contributed by atoms with Crippen molar-refractivity contribution < 1.29 is 33.8 Å². The molecule has 7 atom stereocenters. The highest BCUT2D eigenvalue weighted by molar-refractivity contribution is 9.09. The smallest absolute Gasteiger partial charge is 0.306 e. The monoisotopic (exact) mass is 743 g/mol. The molecular weight excluding hydrogens is 702 g/mol. The molecule has 3 aromatic carbocycles. The molecule has 1 spiro atoms. The van der Waals surface area contributed by atoms with Crippen LogP contribution in [0.15, 0.2) is 98.1 Å². The Morgan fingerprint density at radius 3 is 2.54 bits per heavy atom. The van der Waals surface area contributed by atoms with Gasteiger partial charge in [0.05, 0.1) is 24.0 Å². The minimum absolute atomic E-state index is 0.0997. The summed E-state index contributed by atoms with van der Waals surface area (Å²) >= 11 is 3.74. The molecule has 3 aliphatic heterocycles. The van der Waals surface area contributed by atoms with Crippen LogP contribution in [0.2, 0.25) is 0 Å². The van der Waals surface area contributed by atoms with Crippen LogP contribution in [0, 0.1) is 11.8 Å². The van der Waals surface area contributed by atoms with Crippen LogP contribution in [-0.4, -0.2) is 82.6 Å². The summed E-state index contributed by atoms with van der Waals surface area (Å²) in [7, 11) is 0. The number of alkyl halides is 1. The number of fused-ring (bicyclic) bond motifs is 2. The van der Waals surface area contributed by atoms with Crippen molar-refractivity contribution in [2.45, 2.75) is 54.3 Å². The number of amides is 3. The number of anilines is 1. The first kappa shape index (κ1) is 35.5. The number of halogens is 1. The van der Waals surface area contributed by atoms with Crippen molar-refractivity contribution in [3.8, 4) is 0 Å². The molecule has 262 valence electrons. The van der Waals surface area contributed by atoms with E-state index in [0.717, 1.165) is 16.3 Å². The molecule has 3 saturated heterocycles. The number of allylic oxidation sites excluding steroid dienone is 1. The molecule has 3 fully saturated rings. The minimum Gasteiger partial charge on any atom is -0.463 e. The van der Waals surface area contributed by atoms with E-state index in [1.54, 1.807) is 17.1 Å². The lowest BCUT2D eigenvalue weighted by atomic mass is 9.70. The number of aliphatic hydroxyl groups excluding tert-OH is 1.